The van der Waals surface area contributed by atoms with Gasteiger partial charge in [-0.2, -0.15) is 0 Å². The number of carbonyl (C=O) groups is 1. The van der Waals surface area contributed by atoms with E-state index in [2.05, 4.69) is 0 Å². The highest BCUT2D eigenvalue weighted by atomic mass is 16.7. The van der Waals surface area contributed by atoms with Crippen molar-refractivity contribution in [3.05, 3.63) is 53.6 Å². The van der Waals surface area contributed by atoms with Crippen molar-refractivity contribution in [2.24, 2.45) is 0 Å². The molecule has 0 fully saturated rings. The first-order chi connectivity index (χ1) is 14.1. The van der Waals surface area contributed by atoms with Crippen LogP contribution >= 0.6 is 0 Å². The molecule has 1 aliphatic rings. The number of fused-ring (bicyclic) bond motifs is 1. The topological polar surface area (TPSA) is 72.5 Å². The van der Waals surface area contributed by atoms with E-state index >= 15 is 0 Å². The Kier molecular flexibility index (Phi) is 6.63. The molecule has 29 heavy (non-hydrogen) atoms. The molecule has 0 bridgehead atoms. The fraction of sp³-hybridized carbons (Fsp3) is 0.227. The van der Waals surface area contributed by atoms with Gasteiger partial charge in [-0.1, -0.05) is 12.1 Å². The molecule has 0 aliphatic carbocycles. The lowest BCUT2D eigenvalue weighted by atomic mass is 10.1. The minimum atomic E-state index is -0.464. The van der Waals surface area contributed by atoms with Crippen LogP contribution in [0.15, 0.2) is 42.5 Å². The minimum Gasteiger partial charge on any atom is -0.493 e. The van der Waals surface area contributed by atoms with Gasteiger partial charge in [0, 0.05) is 6.08 Å². The van der Waals surface area contributed by atoms with Crippen LogP contribution in [0.25, 0.3) is 12.2 Å². The Morgan fingerprint density at radius 2 is 1.66 bits per heavy atom. The molecule has 2 aromatic rings. The number of benzene rings is 2. The van der Waals surface area contributed by atoms with Crippen LogP contribution in [0.1, 0.15) is 11.1 Å². The molecular formula is C22H22O7. The van der Waals surface area contributed by atoms with E-state index in [0.29, 0.717) is 28.6 Å². The van der Waals surface area contributed by atoms with E-state index < -0.39 is 5.97 Å². The Hall–Kier alpha value is -3.61. The second-order valence-electron chi connectivity index (χ2n) is 5.94. The predicted molar refractivity (Wildman–Crippen MR) is 108 cm³/mol. The van der Waals surface area contributed by atoms with Crippen molar-refractivity contribution in [1.82, 2.24) is 0 Å². The van der Waals surface area contributed by atoms with E-state index in [9.17, 15) is 4.79 Å². The molecule has 0 N–H and O–H groups in total. The summed E-state index contributed by atoms with van der Waals surface area (Å²) in [5.74, 6) is 2.47. The molecule has 0 radical (unpaired) electrons. The molecule has 0 spiro atoms. The fourth-order valence-electron chi connectivity index (χ4n) is 2.74. The van der Waals surface area contributed by atoms with Crippen LogP contribution in [0.5, 0.6) is 28.7 Å². The molecule has 7 heteroatoms. The Balaban J connectivity index is 1.56. The van der Waals surface area contributed by atoms with Gasteiger partial charge in [0.15, 0.2) is 23.0 Å². The number of carbonyl (C=O) groups excluding carboxylic acids is 1. The first kappa shape index (κ1) is 20.1. The third-order valence-electron chi connectivity index (χ3n) is 4.13. The smallest absolute Gasteiger partial charge is 0.331 e. The van der Waals surface area contributed by atoms with Gasteiger partial charge in [0.2, 0.25) is 12.5 Å². The van der Waals surface area contributed by atoms with Crippen LogP contribution in [0.2, 0.25) is 0 Å². The highest BCUT2D eigenvalue weighted by Crippen LogP contribution is 2.38. The molecule has 152 valence electrons. The summed E-state index contributed by atoms with van der Waals surface area (Å²) in [6.07, 6.45) is 6.56. The van der Waals surface area contributed by atoms with Crippen molar-refractivity contribution in [3.8, 4) is 28.7 Å². The molecule has 7 nitrogen and oxygen atoms in total. The zero-order valence-electron chi connectivity index (χ0n) is 16.5. The Bertz CT molecular complexity index is 906. The molecule has 1 aliphatic heterocycles. The summed E-state index contributed by atoms with van der Waals surface area (Å²) in [5.41, 5.74) is 1.64. The van der Waals surface area contributed by atoms with Crippen LogP contribution < -0.4 is 23.7 Å². The van der Waals surface area contributed by atoms with Gasteiger partial charge in [0.25, 0.3) is 0 Å². The Morgan fingerprint density at radius 3 is 2.34 bits per heavy atom. The molecular weight excluding hydrogens is 376 g/mol. The maximum atomic E-state index is 11.9. The SMILES string of the molecule is COc1cc(/C=C/C(=O)OC/C=C/c2ccc3c(c2)OCO3)cc(OC)c1OC. The zero-order valence-corrected chi connectivity index (χ0v) is 16.5. The van der Waals surface area contributed by atoms with Crippen molar-refractivity contribution < 1.29 is 33.2 Å². The van der Waals surface area contributed by atoms with Crippen molar-refractivity contribution in [2.75, 3.05) is 34.7 Å². The highest BCUT2D eigenvalue weighted by molar-refractivity contribution is 5.87. The van der Waals surface area contributed by atoms with Crippen LogP contribution in [0, 0.1) is 0 Å². The quantitative estimate of drug-likeness (QED) is 0.496. The van der Waals surface area contributed by atoms with E-state index in [1.807, 2.05) is 24.3 Å². The molecule has 0 saturated heterocycles. The summed E-state index contributed by atoms with van der Waals surface area (Å²) >= 11 is 0. The lowest BCUT2D eigenvalue weighted by molar-refractivity contribution is -0.136. The molecule has 0 aromatic heterocycles. The molecule has 2 aromatic carbocycles. The summed E-state index contributed by atoms with van der Waals surface area (Å²) < 4.78 is 31.6. The number of ether oxygens (including phenoxy) is 6. The van der Waals surface area contributed by atoms with Crippen molar-refractivity contribution in [3.63, 3.8) is 0 Å². The van der Waals surface area contributed by atoms with E-state index in [1.54, 1.807) is 24.3 Å². The second kappa shape index (κ2) is 9.54. The average Bonchev–Trinajstić information content (AvgIpc) is 3.22. The van der Waals surface area contributed by atoms with E-state index in [1.165, 1.54) is 27.4 Å². The molecule has 1 heterocycles. The average molecular weight is 398 g/mol. The standard InChI is InChI=1S/C22H22O7/c1-24-19-12-16(13-20(25-2)22(19)26-3)7-9-21(23)27-10-4-5-15-6-8-17-18(11-15)29-14-28-17/h4-9,11-13H,10,14H2,1-3H3/b5-4+,9-7+. The van der Waals surface area contributed by atoms with Crippen LogP contribution in [-0.4, -0.2) is 40.7 Å². The van der Waals surface area contributed by atoms with Crippen LogP contribution in [-0.2, 0) is 9.53 Å². The lowest BCUT2D eigenvalue weighted by Crippen LogP contribution is -2.00. The van der Waals surface area contributed by atoms with Gasteiger partial charge < -0.3 is 28.4 Å². The van der Waals surface area contributed by atoms with Gasteiger partial charge in [0.1, 0.15) is 6.61 Å². The monoisotopic (exact) mass is 398 g/mol. The maximum absolute atomic E-state index is 11.9. The summed E-state index contributed by atoms with van der Waals surface area (Å²) in [4.78, 5) is 11.9. The van der Waals surface area contributed by atoms with E-state index in [-0.39, 0.29) is 13.4 Å². The second-order valence-corrected chi connectivity index (χ2v) is 5.94. The third kappa shape index (κ3) is 5.01. The maximum Gasteiger partial charge on any atom is 0.331 e. The Morgan fingerprint density at radius 1 is 0.931 bits per heavy atom. The highest BCUT2D eigenvalue weighted by Gasteiger charge is 2.13. The minimum absolute atomic E-state index is 0.146. The van der Waals surface area contributed by atoms with E-state index in [4.69, 9.17) is 28.4 Å². The predicted octanol–water partition coefficient (Wildman–Crippen LogP) is 3.71. The summed E-state index contributed by atoms with van der Waals surface area (Å²) in [6, 6.07) is 9.09. The third-order valence-corrected chi connectivity index (χ3v) is 4.13. The van der Waals surface area contributed by atoms with Gasteiger partial charge in [-0.15, -0.1) is 0 Å². The van der Waals surface area contributed by atoms with Crippen molar-refractivity contribution in [1.29, 1.82) is 0 Å². The molecule has 0 saturated carbocycles. The number of hydrogen-bond acceptors (Lipinski definition) is 7. The van der Waals surface area contributed by atoms with Crippen LogP contribution in [0.4, 0.5) is 0 Å². The van der Waals surface area contributed by atoms with Gasteiger partial charge in [0.05, 0.1) is 21.3 Å². The largest absolute Gasteiger partial charge is 0.493 e. The summed E-state index contributed by atoms with van der Waals surface area (Å²) in [7, 11) is 4.60. The fourth-order valence-corrected chi connectivity index (χ4v) is 2.74. The Labute approximate surface area is 169 Å². The normalized spacial score (nSPS) is 12.4. The number of hydrogen-bond donors (Lipinski definition) is 0. The van der Waals surface area contributed by atoms with Crippen LogP contribution in [0.3, 0.4) is 0 Å². The van der Waals surface area contributed by atoms with Gasteiger partial charge in [-0.3, -0.25) is 0 Å². The summed E-state index contributed by atoms with van der Waals surface area (Å²) in [6.45, 7) is 0.380. The summed E-state index contributed by atoms with van der Waals surface area (Å²) in [5, 5.41) is 0. The van der Waals surface area contributed by atoms with Crippen molar-refractivity contribution >= 4 is 18.1 Å². The molecule has 0 amide bonds. The molecule has 3 rings (SSSR count). The van der Waals surface area contributed by atoms with Gasteiger partial charge in [-0.25, -0.2) is 4.79 Å². The van der Waals surface area contributed by atoms with Gasteiger partial charge in [-0.05, 0) is 47.5 Å². The van der Waals surface area contributed by atoms with E-state index in [0.717, 1.165) is 11.3 Å². The lowest BCUT2D eigenvalue weighted by Gasteiger charge is -2.12. The molecule has 0 atom stereocenters. The number of rotatable bonds is 8. The first-order valence-electron chi connectivity index (χ1n) is 8.85. The zero-order chi connectivity index (χ0) is 20.6. The van der Waals surface area contributed by atoms with Crippen molar-refractivity contribution in [2.45, 2.75) is 0 Å². The number of esters is 1. The molecule has 0 unspecified atom stereocenters. The number of methoxy groups -OCH3 is 3. The van der Waals surface area contributed by atoms with Gasteiger partial charge >= 0.3 is 5.97 Å². The first-order valence-corrected chi connectivity index (χ1v) is 8.85.